The molecule has 3 amide bonds. The molecule has 2 aromatic rings. The topological polar surface area (TPSA) is 119 Å². The SMILES string of the molecule is CC(=O)Nc1ccn(CCOc2ccc(C=C3SC(=O)NC3=O)cc2)c(=O)n1. The molecule has 9 nitrogen and oxygen atoms in total. The summed E-state index contributed by atoms with van der Waals surface area (Å²) >= 11 is 0.858. The summed E-state index contributed by atoms with van der Waals surface area (Å²) in [6, 6.07) is 8.51. The van der Waals surface area contributed by atoms with E-state index in [1.807, 2.05) is 0 Å². The van der Waals surface area contributed by atoms with Gasteiger partial charge in [0.15, 0.2) is 0 Å². The molecule has 0 saturated carbocycles. The van der Waals surface area contributed by atoms with Crippen molar-refractivity contribution in [2.24, 2.45) is 0 Å². The zero-order chi connectivity index (χ0) is 20.1. The fraction of sp³-hybridized carbons (Fsp3) is 0.167. The summed E-state index contributed by atoms with van der Waals surface area (Å²) in [6.07, 6.45) is 3.15. The first-order valence-corrected chi connectivity index (χ1v) is 9.05. The predicted molar refractivity (Wildman–Crippen MR) is 104 cm³/mol. The van der Waals surface area contributed by atoms with E-state index >= 15 is 0 Å². The molecule has 0 radical (unpaired) electrons. The molecule has 10 heteroatoms. The third-order valence-electron chi connectivity index (χ3n) is 3.60. The first-order valence-electron chi connectivity index (χ1n) is 8.23. The number of carbonyl (C=O) groups excluding carboxylic acids is 3. The summed E-state index contributed by atoms with van der Waals surface area (Å²) < 4.78 is 6.98. The van der Waals surface area contributed by atoms with Crippen molar-refractivity contribution in [1.29, 1.82) is 0 Å². The Morgan fingerprint density at radius 3 is 2.61 bits per heavy atom. The number of rotatable bonds is 6. The standard InChI is InChI=1S/C18H16N4O5S/c1-11(23)19-15-6-7-22(17(25)20-15)8-9-27-13-4-2-12(3-5-13)10-14-16(24)21-18(26)28-14/h2-7,10H,8-9H2,1H3,(H,21,24,26)(H,19,20,23,25). The van der Waals surface area contributed by atoms with Crippen molar-refractivity contribution in [3.63, 3.8) is 0 Å². The van der Waals surface area contributed by atoms with Gasteiger partial charge in [0.2, 0.25) is 5.91 Å². The first kappa shape index (κ1) is 19.4. The Bertz CT molecular complexity index is 1010. The van der Waals surface area contributed by atoms with E-state index in [9.17, 15) is 19.2 Å². The van der Waals surface area contributed by atoms with Gasteiger partial charge in [0.25, 0.3) is 11.1 Å². The molecule has 144 valence electrons. The smallest absolute Gasteiger partial charge is 0.349 e. The Morgan fingerprint density at radius 1 is 1.25 bits per heavy atom. The minimum Gasteiger partial charge on any atom is -0.492 e. The number of anilines is 1. The number of thioether (sulfide) groups is 1. The maximum absolute atomic E-state index is 11.9. The lowest BCUT2D eigenvalue weighted by Crippen LogP contribution is -2.26. The van der Waals surface area contributed by atoms with Gasteiger partial charge in [-0.1, -0.05) is 12.1 Å². The van der Waals surface area contributed by atoms with E-state index in [1.54, 1.807) is 30.3 Å². The van der Waals surface area contributed by atoms with Crippen molar-refractivity contribution in [2.75, 3.05) is 11.9 Å². The second-order valence-electron chi connectivity index (χ2n) is 5.74. The largest absolute Gasteiger partial charge is 0.492 e. The number of nitrogens with one attached hydrogen (secondary N) is 2. The zero-order valence-electron chi connectivity index (χ0n) is 14.8. The second-order valence-corrected chi connectivity index (χ2v) is 6.75. The Labute approximate surface area is 163 Å². The molecule has 3 rings (SSSR count). The number of ether oxygens (including phenoxy) is 1. The quantitative estimate of drug-likeness (QED) is 0.707. The van der Waals surface area contributed by atoms with Gasteiger partial charge in [-0.25, -0.2) is 4.79 Å². The molecule has 28 heavy (non-hydrogen) atoms. The molecule has 0 unspecified atom stereocenters. The third-order valence-corrected chi connectivity index (χ3v) is 4.41. The van der Waals surface area contributed by atoms with Crippen molar-refractivity contribution in [3.8, 4) is 5.75 Å². The van der Waals surface area contributed by atoms with Gasteiger partial charge in [-0.05, 0) is 41.6 Å². The fourth-order valence-electron chi connectivity index (χ4n) is 2.34. The van der Waals surface area contributed by atoms with Crippen LogP contribution in [0.2, 0.25) is 0 Å². The minimum atomic E-state index is -0.487. The van der Waals surface area contributed by atoms with Crippen LogP contribution in [0.3, 0.4) is 0 Å². The highest BCUT2D eigenvalue weighted by Gasteiger charge is 2.24. The van der Waals surface area contributed by atoms with Crippen molar-refractivity contribution in [2.45, 2.75) is 13.5 Å². The van der Waals surface area contributed by atoms with Gasteiger partial charge in [-0.2, -0.15) is 4.98 Å². The van der Waals surface area contributed by atoms with Crippen molar-refractivity contribution in [1.82, 2.24) is 14.9 Å². The molecule has 1 aliphatic rings. The van der Waals surface area contributed by atoms with Gasteiger partial charge in [-0.3, -0.25) is 24.3 Å². The van der Waals surface area contributed by atoms with Crippen molar-refractivity contribution < 1.29 is 19.1 Å². The lowest BCUT2D eigenvalue weighted by atomic mass is 10.2. The van der Waals surface area contributed by atoms with Crippen LogP contribution in [-0.4, -0.2) is 33.2 Å². The Balaban J connectivity index is 1.55. The third kappa shape index (κ3) is 5.07. The lowest BCUT2D eigenvalue weighted by Gasteiger charge is -2.09. The molecular weight excluding hydrogens is 384 g/mol. The van der Waals surface area contributed by atoms with Gasteiger partial charge < -0.3 is 10.1 Å². The van der Waals surface area contributed by atoms with E-state index < -0.39 is 11.6 Å². The van der Waals surface area contributed by atoms with Gasteiger partial charge >= 0.3 is 5.69 Å². The van der Waals surface area contributed by atoms with E-state index in [-0.39, 0.29) is 30.1 Å². The number of imide groups is 1. The Hall–Kier alpha value is -3.40. The summed E-state index contributed by atoms with van der Waals surface area (Å²) in [4.78, 5) is 49.7. The van der Waals surface area contributed by atoms with Crippen LogP contribution in [0.1, 0.15) is 12.5 Å². The number of amides is 3. The zero-order valence-corrected chi connectivity index (χ0v) is 15.6. The molecule has 0 atom stereocenters. The summed E-state index contributed by atoms with van der Waals surface area (Å²) in [6.45, 7) is 1.87. The summed E-state index contributed by atoms with van der Waals surface area (Å²) in [5.41, 5.74) is 0.271. The van der Waals surface area contributed by atoms with Crippen LogP contribution in [0.4, 0.5) is 10.6 Å². The molecule has 0 bridgehead atoms. The molecule has 1 fully saturated rings. The normalized spacial score (nSPS) is 14.8. The molecule has 1 saturated heterocycles. The maximum atomic E-state index is 11.9. The van der Waals surface area contributed by atoms with E-state index in [0.29, 0.717) is 10.7 Å². The molecule has 0 aliphatic carbocycles. The number of hydrogen-bond acceptors (Lipinski definition) is 7. The van der Waals surface area contributed by atoms with Crippen LogP contribution in [0.25, 0.3) is 6.08 Å². The minimum absolute atomic E-state index is 0.204. The number of aromatic nitrogens is 2. The molecule has 1 aromatic heterocycles. The fourth-order valence-corrected chi connectivity index (χ4v) is 3.03. The van der Waals surface area contributed by atoms with E-state index in [4.69, 9.17) is 4.74 Å². The molecular formula is C18H16N4O5S. The number of nitrogens with zero attached hydrogens (tertiary/aromatic N) is 2. The van der Waals surface area contributed by atoms with Crippen LogP contribution in [0, 0.1) is 0 Å². The average molecular weight is 400 g/mol. The number of hydrogen-bond donors (Lipinski definition) is 2. The Kier molecular flexibility index (Phi) is 5.90. The van der Waals surface area contributed by atoms with Gasteiger partial charge in [0, 0.05) is 13.1 Å². The number of carbonyl (C=O) groups is 3. The maximum Gasteiger partial charge on any atom is 0.349 e. The average Bonchev–Trinajstić information content (AvgIpc) is 2.95. The van der Waals surface area contributed by atoms with Gasteiger partial charge in [0.05, 0.1) is 11.4 Å². The summed E-state index contributed by atoms with van der Waals surface area (Å²) in [5, 5.41) is 4.26. The highest BCUT2D eigenvalue weighted by molar-refractivity contribution is 8.18. The molecule has 1 aliphatic heterocycles. The summed E-state index contributed by atoms with van der Waals surface area (Å²) in [5.74, 6) is 0.0949. The monoisotopic (exact) mass is 400 g/mol. The molecule has 1 aromatic carbocycles. The van der Waals surface area contributed by atoms with Crippen LogP contribution >= 0.6 is 11.8 Å². The first-order chi connectivity index (χ1) is 13.4. The van der Waals surface area contributed by atoms with Crippen molar-refractivity contribution >= 4 is 40.7 Å². The molecule has 2 heterocycles. The Morgan fingerprint density at radius 2 is 2.00 bits per heavy atom. The van der Waals surface area contributed by atoms with Crippen molar-refractivity contribution in [3.05, 3.63) is 57.5 Å². The van der Waals surface area contributed by atoms with E-state index in [2.05, 4.69) is 15.6 Å². The highest BCUT2D eigenvalue weighted by atomic mass is 32.2. The van der Waals surface area contributed by atoms with E-state index in [1.165, 1.54) is 23.8 Å². The second kappa shape index (κ2) is 8.53. The molecule has 0 spiro atoms. The highest BCUT2D eigenvalue weighted by Crippen LogP contribution is 2.26. The van der Waals surface area contributed by atoms with E-state index in [0.717, 1.165) is 17.3 Å². The van der Waals surface area contributed by atoms with Crippen LogP contribution in [0.15, 0.2) is 46.2 Å². The van der Waals surface area contributed by atoms with Crippen LogP contribution in [0.5, 0.6) is 5.75 Å². The molecule has 2 N–H and O–H groups in total. The summed E-state index contributed by atoms with van der Waals surface area (Å²) in [7, 11) is 0. The lowest BCUT2D eigenvalue weighted by molar-refractivity contribution is -0.115. The van der Waals surface area contributed by atoms with Crippen LogP contribution in [-0.2, 0) is 16.1 Å². The number of benzene rings is 1. The van der Waals surface area contributed by atoms with Crippen LogP contribution < -0.4 is 21.1 Å². The van der Waals surface area contributed by atoms with Gasteiger partial charge in [-0.15, -0.1) is 0 Å². The van der Waals surface area contributed by atoms with Gasteiger partial charge in [0.1, 0.15) is 18.2 Å². The predicted octanol–water partition coefficient (Wildman–Crippen LogP) is 1.60.